The Kier molecular flexibility index (Phi) is 12.7. The SMILES string of the molecule is O=P([O-])(C(F)(F)C(F)(F)C(F)(F)C(F)(F)C(F)(F)C(F)(F)C(F)(F)C(F)(F)F)C(F)(F)C(F)(F)C(F)(F)C(F)(F)C(F)(F)C(F)(F)C(F)(F)C(F)(F)C(F)(F)C(F)(F)F. The summed E-state index contributed by atoms with van der Waals surface area (Å²) in [5.41, 5.74) is -20.4. The van der Waals surface area contributed by atoms with Gasteiger partial charge in [0, 0.05) is 0 Å². The summed E-state index contributed by atoms with van der Waals surface area (Å²) < 4.78 is 518. The maximum Gasteiger partial charge on any atom is 0.460 e. The molecule has 0 aromatic rings. The Bertz CT molecular complexity index is 1610. The van der Waals surface area contributed by atoms with E-state index in [-0.39, 0.29) is 0 Å². The summed E-state index contributed by atoms with van der Waals surface area (Å²) in [4.78, 5) is 11.3. The highest BCUT2D eigenvalue weighted by atomic mass is 31.2. The number of hydrogen-bond donors (Lipinski definition) is 0. The minimum absolute atomic E-state index is 8.48. The quantitative estimate of drug-likeness (QED) is 0.114. The second-order valence-electron chi connectivity index (χ2n) is 10.7. The predicted octanol–water partition coefficient (Wildman–Crippen LogP) is 11.8. The van der Waals surface area contributed by atoms with Crippen molar-refractivity contribution in [3.63, 3.8) is 0 Å². The van der Waals surface area contributed by atoms with Gasteiger partial charge >= 0.3 is 107 Å². The van der Waals surface area contributed by atoms with E-state index in [1.54, 1.807) is 0 Å². The highest BCUT2D eigenvalue weighted by Gasteiger charge is 3.01. The van der Waals surface area contributed by atoms with Crippen LogP contribution in [0.1, 0.15) is 0 Å². The molecule has 1 atom stereocenters. The van der Waals surface area contributed by atoms with E-state index in [0.717, 1.165) is 0 Å². The van der Waals surface area contributed by atoms with E-state index in [1.165, 1.54) is 0 Å². The number of hydrogen-bond acceptors (Lipinski definition) is 2. The molecule has 0 rings (SSSR count). The monoisotopic (exact) mass is 1000 g/mol. The van der Waals surface area contributed by atoms with E-state index in [9.17, 15) is 176 Å². The van der Waals surface area contributed by atoms with Crippen LogP contribution in [0.25, 0.3) is 0 Å². The molecular weight excluding hydrogens is 1000 g/mol. The summed E-state index contributed by atoms with van der Waals surface area (Å²) in [7, 11) is -11.7. The van der Waals surface area contributed by atoms with Gasteiger partial charge < -0.3 is 9.46 Å². The van der Waals surface area contributed by atoms with Crippen molar-refractivity contribution >= 4 is 7.37 Å². The van der Waals surface area contributed by atoms with Gasteiger partial charge in [-0.1, -0.05) is 0 Å². The molecule has 0 aromatic carbocycles. The van der Waals surface area contributed by atoms with Crippen molar-refractivity contribution in [1.82, 2.24) is 0 Å². The van der Waals surface area contributed by atoms with Crippen LogP contribution in [0, 0.1) is 0 Å². The Hall–Kier alpha value is -2.47. The zero-order valence-electron chi connectivity index (χ0n) is 24.6. The molecule has 1 unspecified atom stereocenters. The zero-order chi connectivity index (χ0) is 49.5. The summed E-state index contributed by atoms with van der Waals surface area (Å²) in [6.45, 7) is 0. The molecule has 0 aromatic heterocycles. The van der Waals surface area contributed by atoms with Gasteiger partial charge in [0.05, 0.1) is 0 Å². The van der Waals surface area contributed by atoms with Gasteiger partial charge in [0.2, 0.25) is 0 Å². The summed E-state index contributed by atoms with van der Waals surface area (Å²) in [6, 6.07) is 0. The van der Waals surface area contributed by atoms with Gasteiger partial charge in [-0.3, -0.25) is 0 Å². The summed E-state index contributed by atoms with van der Waals surface area (Å²) in [6.07, 6.45) is -17.0. The fraction of sp³-hybridized carbons (Fsp3) is 1.00. The first-order valence-electron chi connectivity index (χ1n) is 12.0. The average Bonchev–Trinajstić information content (AvgIpc) is 2.98. The Labute approximate surface area is 291 Å². The van der Waals surface area contributed by atoms with Crippen LogP contribution in [0.4, 0.5) is 167 Å². The Balaban J connectivity index is 7.93. The normalized spacial score (nSPS) is 18.3. The lowest BCUT2D eigenvalue weighted by molar-refractivity contribution is -0.473. The topological polar surface area (TPSA) is 40.1 Å². The van der Waals surface area contributed by atoms with Crippen LogP contribution >= 0.6 is 7.37 Å². The largest absolute Gasteiger partial charge is 0.791 e. The minimum atomic E-state index is -11.7. The third kappa shape index (κ3) is 6.25. The molecule has 59 heavy (non-hydrogen) atoms. The molecule has 0 fully saturated rings. The molecule has 0 spiro atoms. The van der Waals surface area contributed by atoms with Crippen molar-refractivity contribution in [1.29, 1.82) is 0 Å². The van der Waals surface area contributed by atoms with Crippen molar-refractivity contribution < 1.29 is 176 Å². The molecule has 2 nitrogen and oxygen atoms in total. The molecule has 0 saturated heterocycles. The fourth-order valence-electron chi connectivity index (χ4n) is 3.25. The van der Waals surface area contributed by atoms with Crippen LogP contribution in [0.15, 0.2) is 0 Å². The third-order valence-corrected chi connectivity index (χ3v) is 8.98. The van der Waals surface area contributed by atoms with Crippen LogP contribution in [0.2, 0.25) is 0 Å². The molecule has 0 aliphatic rings. The third-order valence-electron chi connectivity index (χ3n) is 6.94. The molecule has 0 heterocycles. The molecule has 41 heteroatoms. The molecule has 0 amide bonds. The van der Waals surface area contributed by atoms with Gasteiger partial charge in [-0.25, -0.2) is 0 Å². The molecule has 0 aliphatic heterocycles. The van der Waals surface area contributed by atoms with Crippen molar-refractivity contribution in [3.05, 3.63) is 0 Å². The van der Waals surface area contributed by atoms with E-state index < -0.39 is 114 Å². The number of alkyl halides is 38. The lowest BCUT2D eigenvalue weighted by Crippen LogP contribution is -2.77. The van der Waals surface area contributed by atoms with Crippen LogP contribution in [-0.2, 0) is 4.57 Å². The molecule has 0 aliphatic carbocycles. The Morgan fingerprint density at radius 1 is 0.203 bits per heavy atom. The number of rotatable bonds is 16. The maximum atomic E-state index is 14.0. The van der Waals surface area contributed by atoms with Crippen molar-refractivity contribution in [2.45, 2.75) is 107 Å². The molecule has 0 bridgehead atoms. The van der Waals surface area contributed by atoms with E-state index >= 15 is 0 Å². The van der Waals surface area contributed by atoms with E-state index in [0.29, 0.717) is 0 Å². The van der Waals surface area contributed by atoms with Crippen LogP contribution < -0.4 is 4.89 Å². The van der Waals surface area contributed by atoms with Gasteiger partial charge in [-0.15, -0.1) is 0 Å². The second kappa shape index (κ2) is 13.3. The van der Waals surface area contributed by atoms with Crippen LogP contribution in [-0.4, -0.2) is 107 Å². The van der Waals surface area contributed by atoms with Gasteiger partial charge in [0.1, 0.15) is 0 Å². The highest BCUT2D eigenvalue weighted by Crippen LogP contribution is 2.78. The first kappa shape index (κ1) is 56.5. The minimum Gasteiger partial charge on any atom is -0.791 e. The smallest absolute Gasteiger partial charge is 0.460 e. The average molecular weight is 1000 g/mol. The maximum absolute atomic E-state index is 14.0. The molecule has 0 radical (unpaired) electrons. The van der Waals surface area contributed by atoms with Crippen LogP contribution in [0.3, 0.4) is 0 Å². The Morgan fingerprint density at radius 3 is 0.424 bits per heavy atom. The summed E-state index contributed by atoms with van der Waals surface area (Å²) in [5.74, 6) is -138. The molecule has 0 N–H and O–H groups in total. The standard InChI is InChI=1S/C18HF38O2P/c19-1(20,3(23,24)7(31,32)11(39,40)15(47,48)49)2(21,22)5(27,28)9(35,36)13(43,44)17(53,54)59(57,58)18(55,56)14(45,46)10(37,38)6(29,30)4(25,26)8(33,34)12(41,42)16(50,51)52/h(H,57,58)/p-1. The lowest BCUT2D eigenvalue weighted by atomic mass is 9.87. The Morgan fingerprint density at radius 2 is 0.305 bits per heavy atom. The predicted molar refractivity (Wildman–Crippen MR) is 98.9 cm³/mol. The molecular formula is C18F38O2P-. The first-order chi connectivity index (χ1) is 24.5. The van der Waals surface area contributed by atoms with Crippen molar-refractivity contribution in [2.75, 3.05) is 0 Å². The molecule has 0 saturated carbocycles. The van der Waals surface area contributed by atoms with Gasteiger partial charge in [-0.05, 0) is 0 Å². The van der Waals surface area contributed by atoms with E-state index in [4.69, 9.17) is 0 Å². The van der Waals surface area contributed by atoms with E-state index in [2.05, 4.69) is 0 Å². The molecule has 356 valence electrons. The summed E-state index contributed by atoms with van der Waals surface area (Å²) in [5, 5.41) is 0. The first-order valence-corrected chi connectivity index (χ1v) is 13.6. The van der Waals surface area contributed by atoms with Gasteiger partial charge in [-0.2, -0.15) is 167 Å². The van der Waals surface area contributed by atoms with Crippen molar-refractivity contribution in [3.8, 4) is 0 Å². The van der Waals surface area contributed by atoms with Gasteiger partial charge in [0.15, 0.2) is 7.37 Å². The van der Waals surface area contributed by atoms with Crippen molar-refractivity contribution in [2.24, 2.45) is 0 Å². The number of halogens is 38. The van der Waals surface area contributed by atoms with E-state index in [1.807, 2.05) is 0 Å². The second-order valence-corrected chi connectivity index (χ2v) is 12.9. The zero-order valence-corrected chi connectivity index (χ0v) is 25.5. The van der Waals surface area contributed by atoms with Gasteiger partial charge in [0.25, 0.3) is 0 Å². The highest BCUT2D eigenvalue weighted by molar-refractivity contribution is 7.59. The lowest BCUT2D eigenvalue weighted by Gasteiger charge is -2.49. The summed E-state index contributed by atoms with van der Waals surface area (Å²) >= 11 is 0. The van der Waals surface area contributed by atoms with Crippen LogP contribution in [0.5, 0.6) is 0 Å². The fourth-order valence-corrected chi connectivity index (χ4v) is 4.62.